The fourth-order valence-electron chi connectivity index (χ4n) is 1.56. The van der Waals surface area contributed by atoms with Crippen LogP contribution >= 0.6 is 27.3 Å². The van der Waals surface area contributed by atoms with E-state index in [1.165, 1.54) is 11.3 Å². The first-order valence-electron chi connectivity index (χ1n) is 5.06. The van der Waals surface area contributed by atoms with E-state index in [4.69, 9.17) is 10.00 Å². The number of ether oxygens (including phenoxy) is 1. The number of thiophene rings is 1. The zero-order valence-corrected chi connectivity index (χ0v) is 12.6. The molecule has 1 unspecified atom stereocenters. The Kier molecular flexibility index (Phi) is 5.19. The number of hydrogen-bond donors (Lipinski definition) is 0. The number of nitrogens with zero attached hydrogens (tertiary/aromatic N) is 2. The zero-order valence-electron chi connectivity index (χ0n) is 10.2. The summed E-state index contributed by atoms with van der Waals surface area (Å²) < 4.78 is 6.21. The fourth-order valence-corrected chi connectivity index (χ4v) is 2.96. The number of rotatable bonds is 5. The minimum absolute atomic E-state index is 0.0676. The molecular formula is C12H15BrN2OS. The Hall–Kier alpha value is -0.830. The summed E-state index contributed by atoms with van der Waals surface area (Å²) in [4.78, 5) is 2.04. The molecule has 1 atom stereocenters. The number of hydrogen-bond acceptors (Lipinski definition) is 4. The van der Waals surface area contributed by atoms with Crippen LogP contribution in [0.1, 0.15) is 11.1 Å². The van der Waals surface area contributed by atoms with Crippen LogP contribution in [-0.4, -0.2) is 32.1 Å². The van der Waals surface area contributed by atoms with Gasteiger partial charge in [0.1, 0.15) is 11.8 Å². The standard InChI is InChI=1S/C12H15BrN2OS/c1-8(16-4)11(15(2)3)5-10-9(6-14)7-17-12(10)13/h7,11H,1,5H2,2-4H3. The molecule has 0 bridgehead atoms. The van der Waals surface area contributed by atoms with Crippen molar-refractivity contribution in [2.24, 2.45) is 0 Å². The van der Waals surface area contributed by atoms with E-state index in [1.807, 2.05) is 24.4 Å². The summed E-state index contributed by atoms with van der Waals surface area (Å²) in [5.41, 5.74) is 1.74. The van der Waals surface area contributed by atoms with Crippen molar-refractivity contribution in [1.29, 1.82) is 5.26 Å². The lowest BCUT2D eigenvalue weighted by molar-refractivity contribution is 0.196. The highest BCUT2D eigenvalue weighted by Gasteiger charge is 2.21. The van der Waals surface area contributed by atoms with Crippen molar-refractivity contribution in [3.05, 3.63) is 32.6 Å². The Bertz CT molecular complexity index is 448. The van der Waals surface area contributed by atoms with Gasteiger partial charge in [-0.2, -0.15) is 5.26 Å². The molecule has 0 saturated heterocycles. The summed E-state index contributed by atoms with van der Waals surface area (Å²) in [7, 11) is 5.56. The molecule has 1 heterocycles. The topological polar surface area (TPSA) is 36.3 Å². The summed E-state index contributed by atoms with van der Waals surface area (Å²) in [6.07, 6.45) is 0.715. The summed E-state index contributed by atoms with van der Waals surface area (Å²) in [6.45, 7) is 3.90. The largest absolute Gasteiger partial charge is 0.500 e. The van der Waals surface area contributed by atoms with Crippen LogP contribution in [-0.2, 0) is 11.2 Å². The van der Waals surface area contributed by atoms with E-state index in [0.717, 1.165) is 14.9 Å². The highest BCUT2D eigenvalue weighted by molar-refractivity contribution is 9.11. The van der Waals surface area contributed by atoms with Gasteiger partial charge in [0.25, 0.3) is 0 Å². The van der Waals surface area contributed by atoms with Crippen LogP contribution in [0.25, 0.3) is 0 Å². The molecule has 92 valence electrons. The first-order chi connectivity index (χ1) is 8.01. The van der Waals surface area contributed by atoms with E-state index in [-0.39, 0.29) is 6.04 Å². The van der Waals surface area contributed by atoms with Gasteiger partial charge in [-0.05, 0) is 42.0 Å². The average Bonchev–Trinajstić information content (AvgIpc) is 2.65. The fraction of sp³-hybridized carbons (Fsp3) is 0.417. The summed E-state index contributed by atoms with van der Waals surface area (Å²) in [6, 6.07) is 2.28. The third kappa shape index (κ3) is 3.32. The van der Waals surface area contributed by atoms with E-state index in [2.05, 4.69) is 28.6 Å². The van der Waals surface area contributed by atoms with Gasteiger partial charge in [-0.15, -0.1) is 11.3 Å². The third-order valence-electron chi connectivity index (χ3n) is 2.62. The van der Waals surface area contributed by atoms with Crippen molar-refractivity contribution in [3.8, 4) is 6.07 Å². The monoisotopic (exact) mass is 314 g/mol. The molecule has 0 amide bonds. The highest BCUT2D eigenvalue weighted by Crippen LogP contribution is 2.30. The number of nitriles is 1. The zero-order chi connectivity index (χ0) is 13.0. The minimum Gasteiger partial charge on any atom is -0.500 e. The van der Waals surface area contributed by atoms with Gasteiger partial charge in [0, 0.05) is 5.38 Å². The lowest BCUT2D eigenvalue weighted by Crippen LogP contribution is -2.32. The second kappa shape index (κ2) is 6.20. The lowest BCUT2D eigenvalue weighted by atomic mass is 10.0. The van der Waals surface area contributed by atoms with Gasteiger partial charge in [0.15, 0.2) is 0 Å². The molecule has 0 fully saturated rings. The van der Waals surface area contributed by atoms with Gasteiger partial charge in [-0.3, -0.25) is 4.90 Å². The average molecular weight is 315 g/mol. The molecule has 0 saturated carbocycles. The van der Waals surface area contributed by atoms with Gasteiger partial charge in [-0.1, -0.05) is 6.58 Å². The van der Waals surface area contributed by atoms with Crippen LogP contribution < -0.4 is 0 Å². The van der Waals surface area contributed by atoms with Crippen LogP contribution in [0.3, 0.4) is 0 Å². The quantitative estimate of drug-likeness (QED) is 0.784. The van der Waals surface area contributed by atoms with Crippen LogP contribution in [0.5, 0.6) is 0 Å². The van der Waals surface area contributed by atoms with Crippen molar-refractivity contribution in [3.63, 3.8) is 0 Å². The molecular weight excluding hydrogens is 300 g/mol. The Morgan fingerprint density at radius 3 is 2.82 bits per heavy atom. The first kappa shape index (κ1) is 14.2. The van der Waals surface area contributed by atoms with Crippen LogP contribution in [0.15, 0.2) is 21.5 Å². The maximum Gasteiger partial charge on any atom is 0.106 e. The predicted molar refractivity (Wildman–Crippen MR) is 74.1 cm³/mol. The van der Waals surface area contributed by atoms with Crippen molar-refractivity contribution >= 4 is 27.3 Å². The van der Waals surface area contributed by atoms with Crippen molar-refractivity contribution in [2.45, 2.75) is 12.5 Å². The Morgan fingerprint density at radius 2 is 2.35 bits per heavy atom. The SMILES string of the molecule is C=C(OC)C(Cc1c(C#N)csc1Br)N(C)C. The van der Waals surface area contributed by atoms with Gasteiger partial charge in [-0.25, -0.2) is 0 Å². The first-order valence-corrected chi connectivity index (χ1v) is 6.73. The maximum absolute atomic E-state index is 9.05. The van der Waals surface area contributed by atoms with E-state index in [1.54, 1.807) is 7.11 Å². The normalized spacial score (nSPS) is 12.2. The Morgan fingerprint density at radius 1 is 1.71 bits per heavy atom. The molecule has 1 aromatic heterocycles. The van der Waals surface area contributed by atoms with Crippen molar-refractivity contribution in [2.75, 3.05) is 21.2 Å². The summed E-state index contributed by atoms with van der Waals surface area (Å²) in [5, 5.41) is 10.9. The third-order valence-corrected chi connectivity index (χ3v) is 4.46. The predicted octanol–water partition coefficient (Wildman–Crippen LogP) is 3.02. The van der Waals surface area contributed by atoms with E-state index >= 15 is 0 Å². The Balaban J connectivity index is 2.98. The lowest BCUT2D eigenvalue weighted by Gasteiger charge is -2.25. The molecule has 5 heteroatoms. The molecule has 1 rings (SSSR count). The maximum atomic E-state index is 9.05. The molecule has 17 heavy (non-hydrogen) atoms. The van der Waals surface area contributed by atoms with E-state index < -0.39 is 0 Å². The molecule has 0 aliphatic carbocycles. The Labute approximate surface area is 114 Å². The second-order valence-corrected chi connectivity index (χ2v) is 6.06. The molecule has 0 aliphatic heterocycles. The van der Waals surface area contributed by atoms with Crippen LogP contribution in [0.2, 0.25) is 0 Å². The van der Waals surface area contributed by atoms with Gasteiger partial charge in [0.05, 0.1) is 22.5 Å². The van der Waals surface area contributed by atoms with Crippen molar-refractivity contribution < 1.29 is 4.74 Å². The molecule has 0 radical (unpaired) electrons. The number of methoxy groups -OCH3 is 1. The molecule has 1 aromatic rings. The summed E-state index contributed by atoms with van der Waals surface area (Å²) >= 11 is 5.02. The van der Waals surface area contributed by atoms with Crippen LogP contribution in [0.4, 0.5) is 0 Å². The van der Waals surface area contributed by atoms with E-state index in [9.17, 15) is 0 Å². The number of halogens is 1. The minimum atomic E-state index is 0.0676. The van der Waals surface area contributed by atoms with Gasteiger partial charge in [0.2, 0.25) is 0 Å². The van der Waals surface area contributed by atoms with Crippen molar-refractivity contribution in [1.82, 2.24) is 4.90 Å². The van der Waals surface area contributed by atoms with Gasteiger partial charge < -0.3 is 4.74 Å². The molecule has 0 N–H and O–H groups in total. The molecule has 3 nitrogen and oxygen atoms in total. The highest BCUT2D eigenvalue weighted by atomic mass is 79.9. The van der Waals surface area contributed by atoms with Crippen LogP contribution in [0, 0.1) is 11.3 Å². The molecule has 0 aliphatic rings. The number of likely N-dealkylation sites (N-methyl/N-ethyl adjacent to an activating group) is 1. The van der Waals surface area contributed by atoms with E-state index in [0.29, 0.717) is 12.2 Å². The smallest absolute Gasteiger partial charge is 0.106 e. The second-order valence-electron chi connectivity index (χ2n) is 3.87. The molecule has 0 aromatic carbocycles. The summed E-state index contributed by atoms with van der Waals surface area (Å²) in [5.74, 6) is 0.706. The molecule has 0 spiro atoms. The van der Waals surface area contributed by atoms with Gasteiger partial charge >= 0.3 is 0 Å².